The lowest BCUT2D eigenvalue weighted by atomic mass is 9.52. The van der Waals surface area contributed by atoms with Gasteiger partial charge < -0.3 is 4.90 Å². The minimum absolute atomic E-state index is 0.289. The summed E-state index contributed by atoms with van der Waals surface area (Å²) < 4.78 is 0. The maximum absolute atomic E-state index is 13.0. The first kappa shape index (κ1) is 18.9. The van der Waals surface area contributed by atoms with Gasteiger partial charge in [0, 0.05) is 18.5 Å². The summed E-state index contributed by atoms with van der Waals surface area (Å²) in [5, 5.41) is 0.389. The Morgan fingerprint density at radius 3 is 2.35 bits per heavy atom. The van der Waals surface area contributed by atoms with Gasteiger partial charge in [-0.2, -0.15) is 0 Å². The molecule has 0 N–H and O–H groups in total. The third kappa shape index (κ3) is 4.34. The predicted octanol–water partition coefficient (Wildman–Crippen LogP) is 4.30. The largest absolute Gasteiger partial charge is 0.340 e. The molecule has 2 fully saturated rings. The highest BCUT2D eigenvalue weighted by Gasteiger charge is 2.42. The van der Waals surface area contributed by atoms with Crippen molar-refractivity contribution in [2.24, 2.45) is 23.7 Å². The molecule has 0 spiro atoms. The third-order valence-electron chi connectivity index (χ3n) is 6.93. The van der Waals surface area contributed by atoms with Crippen molar-refractivity contribution in [1.29, 1.82) is 0 Å². The molecule has 3 heteroatoms. The lowest BCUT2D eigenvalue weighted by Gasteiger charge is -2.46. The van der Waals surface area contributed by atoms with Crippen molar-refractivity contribution in [3.8, 4) is 0 Å². The Bertz CT molecular complexity index is 408. The van der Waals surface area contributed by atoms with Gasteiger partial charge in [0.2, 0.25) is 5.91 Å². The number of carbonyl (C=O) groups is 1. The van der Waals surface area contributed by atoms with Crippen molar-refractivity contribution >= 4 is 13.8 Å². The first-order chi connectivity index (χ1) is 10.7. The molecule has 1 aliphatic carbocycles. The molecular formula is C20H38BNO. The van der Waals surface area contributed by atoms with E-state index in [-0.39, 0.29) is 5.92 Å². The van der Waals surface area contributed by atoms with Crippen LogP contribution < -0.4 is 0 Å². The van der Waals surface area contributed by atoms with Crippen LogP contribution in [0.5, 0.6) is 0 Å². The number of hydrogen-bond acceptors (Lipinski definition) is 1. The molecule has 2 nitrogen and oxygen atoms in total. The molecule has 132 valence electrons. The SMILES string of the molecule is BC1(C(C)C)CC(C)CCCCC2C(=O)N(C(C)C)CCC2C1. The molecule has 1 aliphatic heterocycles. The van der Waals surface area contributed by atoms with E-state index in [1.54, 1.807) is 0 Å². The van der Waals surface area contributed by atoms with E-state index in [1.807, 2.05) is 0 Å². The Morgan fingerprint density at radius 1 is 1.09 bits per heavy atom. The molecule has 1 saturated heterocycles. The fourth-order valence-corrected chi connectivity index (χ4v) is 5.06. The van der Waals surface area contributed by atoms with Crippen LogP contribution in [0.2, 0.25) is 5.31 Å². The number of fused-ring (bicyclic) bond motifs is 1. The number of carbonyl (C=O) groups excluding carboxylic acids is 1. The van der Waals surface area contributed by atoms with E-state index in [9.17, 15) is 4.79 Å². The van der Waals surface area contributed by atoms with E-state index < -0.39 is 0 Å². The molecule has 4 unspecified atom stereocenters. The number of likely N-dealkylation sites (tertiary alicyclic amines) is 1. The highest BCUT2D eigenvalue weighted by molar-refractivity contribution is 6.15. The second kappa shape index (κ2) is 7.61. The van der Waals surface area contributed by atoms with Crippen LogP contribution in [0.3, 0.4) is 0 Å². The van der Waals surface area contributed by atoms with E-state index >= 15 is 0 Å². The molecule has 2 rings (SSSR count). The van der Waals surface area contributed by atoms with E-state index in [1.165, 1.54) is 38.5 Å². The zero-order valence-corrected chi connectivity index (χ0v) is 16.4. The summed E-state index contributed by atoms with van der Waals surface area (Å²) in [6, 6.07) is 0.357. The summed E-state index contributed by atoms with van der Waals surface area (Å²) in [7, 11) is 2.49. The molecule has 1 heterocycles. The van der Waals surface area contributed by atoms with Gasteiger partial charge in [-0.25, -0.2) is 0 Å². The smallest absolute Gasteiger partial charge is 0.226 e. The first-order valence-corrected chi connectivity index (χ1v) is 10.0. The standard InChI is InChI=1S/C20H38BNO/c1-14(2)20(21)12-16(5)8-6-7-9-18-17(13-20)10-11-22(15(3)4)19(18)23/h14-18H,6-13,21H2,1-5H3. The fourth-order valence-electron chi connectivity index (χ4n) is 5.06. The maximum atomic E-state index is 13.0. The van der Waals surface area contributed by atoms with Gasteiger partial charge in [0.15, 0.2) is 0 Å². The second-order valence-electron chi connectivity index (χ2n) is 9.39. The molecule has 0 aromatic heterocycles. The second-order valence-corrected chi connectivity index (χ2v) is 9.39. The Kier molecular flexibility index (Phi) is 6.25. The van der Waals surface area contributed by atoms with Gasteiger partial charge >= 0.3 is 0 Å². The zero-order chi connectivity index (χ0) is 17.2. The third-order valence-corrected chi connectivity index (χ3v) is 6.93. The molecule has 4 atom stereocenters. The van der Waals surface area contributed by atoms with Crippen molar-refractivity contribution in [3.63, 3.8) is 0 Å². The van der Waals surface area contributed by atoms with Crippen LogP contribution in [0.4, 0.5) is 0 Å². The van der Waals surface area contributed by atoms with E-state index in [0.29, 0.717) is 29.1 Å². The average Bonchev–Trinajstić information content (AvgIpc) is 2.44. The van der Waals surface area contributed by atoms with Crippen LogP contribution in [0.1, 0.15) is 79.6 Å². The quantitative estimate of drug-likeness (QED) is 0.695. The topological polar surface area (TPSA) is 20.3 Å². The first-order valence-electron chi connectivity index (χ1n) is 10.0. The fraction of sp³-hybridized carbons (Fsp3) is 0.950. The Balaban J connectivity index is 2.22. The molecule has 23 heavy (non-hydrogen) atoms. The normalized spacial score (nSPS) is 37.1. The number of hydrogen-bond donors (Lipinski definition) is 0. The van der Waals surface area contributed by atoms with Gasteiger partial charge in [0.1, 0.15) is 7.85 Å². The summed E-state index contributed by atoms with van der Waals surface area (Å²) in [5.41, 5.74) is 0. The van der Waals surface area contributed by atoms with Crippen molar-refractivity contribution in [1.82, 2.24) is 4.90 Å². The number of nitrogens with zero attached hydrogens (tertiary/aromatic N) is 1. The lowest BCUT2D eigenvalue weighted by Crippen LogP contribution is -2.49. The van der Waals surface area contributed by atoms with Crippen LogP contribution in [0.15, 0.2) is 0 Å². The van der Waals surface area contributed by atoms with Gasteiger partial charge in [0.25, 0.3) is 0 Å². The Morgan fingerprint density at radius 2 is 1.74 bits per heavy atom. The molecule has 1 saturated carbocycles. The van der Waals surface area contributed by atoms with E-state index in [2.05, 4.69) is 47.4 Å². The molecule has 1 amide bonds. The number of amides is 1. The summed E-state index contributed by atoms with van der Waals surface area (Å²) in [4.78, 5) is 15.2. The van der Waals surface area contributed by atoms with Crippen LogP contribution in [-0.2, 0) is 4.79 Å². The lowest BCUT2D eigenvalue weighted by molar-refractivity contribution is -0.144. The molecule has 2 aliphatic rings. The Labute approximate surface area is 145 Å². The zero-order valence-electron chi connectivity index (χ0n) is 16.4. The molecule has 0 radical (unpaired) electrons. The monoisotopic (exact) mass is 319 g/mol. The van der Waals surface area contributed by atoms with Crippen LogP contribution in [0, 0.1) is 23.7 Å². The van der Waals surface area contributed by atoms with E-state index in [0.717, 1.165) is 18.9 Å². The summed E-state index contributed by atoms with van der Waals surface area (Å²) in [6.45, 7) is 12.5. The minimum atomic E-state index is 0.289. The maximum Gasteiger partial charge on any atom is 0.226 e. The van der Waals surface area contributed by atoms with Crippen molar-refractivity contribution in [3.05, 3.63) is 0 Å². The summed E-state index contributed by atoms with van der Waals surface area (Å²) in [6.07, 6.45) is 8.78. The van der Waals surface area contributed by atoms with Gasteiger partial charge in [-0.3, -0.25) is 4.79 Å². The van der Waals surface area contributed by atoms with E-state index in [4.69, 9.17) is 0 Å². The summed E-state index contributed by atoms with van der Waals surface area (Å²) in [5.74, 6) is 2.87. The molecule has 0 aromatic carbocycles. The number of piperidine rings is 1. The van der Waals surface area contributed by atoms with Gasteiger partial charge in [-0.15, -0.1) is 0 Å². The Hall–Kier alpha value is -0.465. The predicted molar refractivity (Wildman–Crippen MR) is 101 cm³/mol. The summed E-state index contributed by atoms with van der Waals surface area (Å²) >= 11 is 0. The number of rotatable bonds is 2. The molecule has 0 aromatic rings. The van der Waals surface area contributed by atoms with Gasteiger partial charge in [-0.05, 0) is 44.4 Å². The molecular weight excluding hydrogens is 281 g/mol. The minimum Gasteiger partial charge on any atom is -0.340 e. The van der Waals surface area contributed by atoms with Crippen LogP contribution in [-0.4, -0.2) is 31.2 Å². The highest BCUT2D eigenvalue weighted by Crippen LogP contribution is 2.49. The van der Waals surface area contributed by atoms with Crippen LogP contribution in [0.25, 0.3) is 0 Å². The highest BCUT2D eigenvalue weighted by atomic mass is 16.2. The molecule has 0 bridgehead atoms. The van der Waals surface area contributed by atoms with Crippen molar-refractivity contribution < 1.29 is 4.79 Å². The van der Waals surface area contributed by atoms with Gasteiger partial charge in [0.05, 0.1) is 0 Å². The van der Waals surface area contributed by atoms with Gasteiger partial charge in [-0.1, -0.05) is 58.2 Å². The van der Waals surface area contributed by atoms with Crippen LogP contribution >= 0.6 is 0 Å². The average molecular weight is 319 g/mol. The van der Waals surface area contributed by atoms with Crippen molar-refractivity contribution in [2.75, 3.05) is 6.54 Å². The van der Waals surface area contributed by atoms with Crippen molar-refractivity contribution in [2.45, 2.75) is 90.9 Å².